The average Bonchev–Trinajstić information content (AvgIpc) is 2.50. The molecule has 0 fully saturated rings. The Bertz CT molecular complexity index is 490. The summed E-state index contributed by atoms with van der Waals surface area (Å²) < 4.78 is 5.44. The van der Waals surface area contributed by atoms with Crippen LogP contribution in [0.3, 0.4) is 0 Å². The summed E-state index contributed by atoms with van der Waals surface area (Å²) in [6, 6.07) is 7.65. The molecule has 0 aliphatic carbocycles. The van der Waals surface area contributed by atoms with Crippen molar-refractivity contribution >= 4 is 11.9 Å². The third-order valence-electron chi connectivity index (χ3n) is 3.49. The summed E-state index contributed by atoms with van der Waals surface area (Å²) in [7, 11) is 1.44. The summed E-state index contributed by atoms with van der Waals surface area (Å²) in [4.78, 5) is 24.7. The van der Waals surface area contributed by atoms with Crippen LogP contribution in [0.2, 0.25) is 0 Å². The molecule has 0 saturated carbocycles. The van der Waals surface area contributed by atoms with Gasteiger partial charge in [-0.2, -0.15) is 0 Å². The molecule has 0 bridgehead atoms. The van der Waals surface area contributed by atoms with Crippen LogP contribution in [0.5, 0.6) is 0 Å². The Balaban J connectivity index is 2.61. The molecule has 1 aromatic rings. The normalized spacial score (nSPS) is 13.7. The minimum Gasteiger partial charge on any atom is -0.480 e. The van der Waals surface area contributed by atoms with Crippen molar-refractivity contribution in [3.05, 3.63) is 35.9 Å². The highest BCUT2D eigenvalue weighted by molar-refractivity contribution is 5.86. The lowest BCUT2D eigenvalue weighted by Crippen LogP contribution is -2.52. The average molecular weight is 308 g/mol. The number of nitrogens with two attached hydrogens (primary N) is 1. The summed E-state index contributed by atoms with van der Waals surface area (Å²) in [5, 5.41) is 9.30. The van der Waals surface area contributed by atoms with E-state index in [4.69, 9.17) is 10.5 Å². The molecular weight excluding hydrogens is 284 g/mol. The van der Waals surface area contributed by atoms with Crippen molar-refractivity contribution in [1.82, 2.24) is 4.90 Å². The van der Waals surface area contributed by atoms with E-state index in [0.717, 1.165) is 10.5 Å². The highest BCUT2D eigenvalue weighted by Gasteiger charge is 2.30. The zero-order chi connectivity index (χ0) is 16.7. The lowest BCUT2D eigenvalue weighted by molar-refractivity contribution is -0.152. The lowest BCUT2D eigenvalue weighted by atomic mass is 10.0. The van der Waals surface area contributed by atoms with Crippen LogP contribution >= 0.6 is 0 Å². The quantitative estimate of drug-likeness (QED) is 0.750. The number of ether oxygens (including phenoxy) is 1. The first kappa shape index (κ1) is 18.1. The van der Waals surface area contributed by atoms with Crippen molar-refractivity contribution in [2.75, 3.05) is 13.7 Å². The third-order valence-corrected chi connectivity index (χ3v) is 3.49. The van der Waals surface area contributed by atoms with Gasteiger partial charge in [0.1, 0.15) is 0 Å². The molecule has 1 aromatic carbocycles. The fourth-order valence-corrected chi connectivity index (χ4v) is 1.89. The number of likely N-dealkylation sites (N-methyl/N-ethyl adjacent to an activating group) is 1. The zero-order valence-corrected chi connectivity index (χ0v) is 13.2. The smallest absolute Gasteiger partial charge is 0.328 e. The topological polar surface area (TPSA) is 92.9 Å². The Morgan fingerprint density at radius 3 is 2.36 bits per heavy atom. The van der Waals surface area contributed by atoms with Gasteiger partial charge in [-0.3, -0.25) is 4.79 Å². The molecule has 6 nitrogen and oxygen atoms in total. The predicted molar refractivity (Wildman–Crippen MR) is 83.1 cm³/mol. The maximum absolute atomic E-state index is 12.1. The maximum Gasteiger partial charge on any atom is 0.328 e. The number of hydrogen-bond donors (Lipinski definition) is 2. The van der Waals surface area contributed by atoms with Gasteiger partial charge >= 0.3 is 5.97 Å². The fourth-order valence-electron chi connectivity index (χ4n) is 1.89. The van der Waals surface area contributed by atoms with Crippen molar-refractivity contribution in [1.29, 1.82) is 0 Å². The molecule has 6 heteroatoms. The summed E-state index contributed by atoms with van der Waals surface area (Å²) in [5.41, 5.74) is 6.74. The van der Waals surface area contributed by atoms with Crippen LogP contribution in [0.1, 0.15) is 19.4 Å². The van der Waals surface area contributed by atoms with E-state index in [-0.39, 0.29) is 12.5 Å². The summed E-state index contributed by atoms with van der Waals surface area (Å²) >= 11 is 0. The Labute approximate surface area is 130 Å². The molecule has 0 spiro atoms. The molecule has 0 aromatic heterocycles. The monoisotopic (exact) mass is 308 g/mol. The number of hydrogen-bond acceptors (Lipinski definition) is 4. The summed E-state index contributed by atoms with van der Waals surface area (Å²) in [6.07, 6.45) is 0. The van der Waals surface area contributed by atoms with Crippen LogP contribution in [0.15, 0.2) is 30.3 Å². The van der Waals surface area contributed by atoms with E-state index >= 15 is 0 Å². The van der Waals surface area contributed by atoms with E-state index in [0.29, 0.717) is 6.61 Å². The SMILES string of the molecule is CC(C)[C@@H](N)C(=O)N(C)[C@@H](COCc1ccccc1)C(=O)O. The maximum atomic E-state index is 12.1. The molecule has 1 amide bonds. The van der Waals surface area contributed by atoms with Gasteiger partial charge in [0, 0.05) is 7.05 Å². The van der Waals surface area contributed by atoms with E-state index in [2.05, 4.69) is 0 Å². The van der Waals surface area contributed by atoms with Crippen LogP contribution in [0.25, 0.3) is 0 Å². The van der Waals surface area contributed by atoms with Crippen molar-refractivity contribution in [2.45, 2.75) is 32.5 Å². The van der Waals surface area contributed by atoms with Gasteiger partial charge in [0.2, 0.25) is 5.91 Å². The molecule has 0 saturated heterocycles. The first-order valence-corrected chi connectivity index (χ1v) is 7.21. The van der Waals surface area contributed by atoms with E-state index in [1.165, 1.54) is 7.05 Å². The number of aliphatic carboxylic acids is 1. The predicted octanol–water partition coefficient (Wildman–Crippen LogP) is 1.10. The van der Waals surface area contributed by atoms with Gasteiger partial charge in [0.15, 0.2) is 6.04 Å². The fraction of sp³-hybridized carbons (Fsp3) is 0.500. The summed E-state index contributed by atoms with van der Waals surface area (Å²) in [5.74, 6) is -1.57. The molecule has 22 heavy (non-hydrogen) atoms. The number of carbonyl (C=O) groups is 2. The third kappa shape index (κ3) is 5.13. The van der Waals surface area contributed by atoms with E-state index in [9.17, 15) is 14.7 Å². The van der Waals surface area contributed by atoms with Crippen LogP contribution in [0.4, 0.5) is 0 Å². The summed E-state index contributed by atoms with van der Waals surface area (Å²) in [6.45, 7) is 3.84. The second kappa shape index (κ2) is 8.51. The van der Waals surface area contributed by atoms with Crippen molar-refractivity contribution < 1.29 is 19.4 Å². The molecule has 2 atom stereocenters. The van der Waals surface area contributed by atoms with E-state index < -0.39 is 24.0 Å². The first-order chi connectivity index (χ1) is 10.3. The standard InChI is InChI=1S/C16H24N2O4/c1-11(2)14(17)15(19)18(3)13(16(20)21)10-22-9-12-7-5-4-6-8-12/h4-8,11,13-14H,9-10,17H2,1-3H3,(H,20,21)/t13-,14+/m0/s1. The Morgan fingerprint density at radius 1 is 1.27 bits per heavy atom. The molecular formula is C16H24N2O4. The van der Waals surface area contributed by atoms with Crippen molar-refractivity contribution in [3.63, 3.8) is 0 Å². The number of carbonyl (C=O) groups excluding carboxylic acids is 1. The number of carboxylic acid groups (broad SMARTS) is 1. The number of nitrogens with zero attached hydrogens (tertiary/aromatic N) is 1. The number of amides is 1. The molecule has 3 N–H and O–H groups in total. The molecule has 0 unspecified atom stereocenters. The highest BCUT2D eigenvalue weighted by atomic mass is 16.5. The minimum absolute atomic E-state index is 0.0605. The highest BCUT2D eigenvalue weighted by Crippen LogP contribution is 2.08. The van der Waals surface area contributed by atoms with Gasteiger partial charge in [-0.25, -0.2) is 4.79 Å². The van der Waals surface area contributed by atoms with Gasteiger partial charge in [-0.1, -0.05) is 44.2 Å². The van der Waals surface area contributed by atoms with Crippen LogP contribution in [-0.4, -0.2) is 47.6 Å². The van der Waals surface area contributed by atoms with Crippen LogP contribution in [0, 0.1) is 5.92 Å². The second-order valence-electron chi connectivity index (χ2n) is 5.57. The van der Waals surface area contributed by atoms with Gasteiger partial charge in [-0.15, -0.1) is 0 Å². The van der Waals surface area contributed by atoms with Gasteiger partial charge < -0.3 is 20.5 Å². The first-order valence-electron chi connectivity index (χ1n) is 7.21. The Hall–Kier alpha value is -1.92. The molecule has 0 aliphatic rings. The van der Waals surface area contributed by atoms with E-state index in [1.54, 1.807) is 0 Å². The lowest BCUT2D eigenvalue weighted by Gasteiger charge is -2.28. The molecule has 1 rings (SSSR count). The minimum atomic E-state index is -1.11. The number of benzene rings is 1. The van der Waals surface area contributed by atoms with Gasteiger partial charge in [0.05, 0.1) is 19.3 Å². The number of rotatable bonds is 8. The molecule has 0 radical (unpaired) electrons. The van der Waals surface area contributed by atoms with Crippen LogP contribution in [-0.2, 0) is 20.9 Å². The second-order valence-corrected chi connectivity index (χ2v) is 5.57. The van der Waals surface area contributed by atoms with Crippen LogP contribution < -0.4 is 5.73 Å². The van der Waals surface area contributed by atoms with E-state index in [1.807, 2.05) is 44.2 Å². The number of carboxylic acids is 1. The van der Waals surface area contributed by atoms with Gasteiger partial charge in [-0.05, 0) is 11.5 Å². The molecule has 122 valence electrons. The zero-order valence-electron chi connectivity index (χ0n) is 13.2. The van der Waals surface area contributed by atoms with Crippen molar-refractivity contribution in [3.8, 4) is 0 Å². The largest absolute Gasteiger partial charge is 0.480 e. The van der Waals surface area contributed by atoms with Gasteiger partial charge in [0.25, 0.3) is 0 Å². The Morgan fingerprint density at radius 2 is 1.86 bits per heavy atom. The molecule has 0 aliphatic heterocycles. The van der Waals surface area contributed by atoms with Crippen molar-refractivity contribution in [2.24, 2.45) is 11.7 Å². The Kier molecular flexibility index (Phi) is 7.01. The molecule has 0 heterocycles.